The summed E-state index contributed by atoms with van der Waals surface area (Å²) in [4.78, 5) is 26.5. The molecule has 2 saturated heterocycles. The summed E-state index contributed by atoms with van der Waals surface area (Å²) in [7, 11) is 0. The number of carbonyl (C=O) groups excluding carboxylic acids is 2. The molecular weight excluding hydrogens is 220 g/mol. The highest BCUT2D eigenvalue weighted by molar-refractivity contribution is 5.78. The first-order chi connectivity index (χ1) is 8.18. The Morgan fingerprint density at radius 3 is 2.53 bits per heavy atom. The second-order valence-electron chi connectivity index (χ2n) is 4.70. The van der Waals surface area contributed by atoms with Gasteiger partial charge in [0, 0.05) is 25.9 Å². The normalized spacial score (nSPS) is 23.4. The molecule has 17 heavy (non-hydrogen) atoms. The summed E-state index contributed by atoms with van der Waals surface area (Å²) < 4.78 is 5.62. The van der Waals surface area contributed by atoms with E-state index in [1.54, 1.807) is 9.80 Å². The fourth-order valence-corrected chi connectivity index (χ4v) is 2.34. The van der Waals surface area contributed by atoms with Crippen molar-refractivity contribution in [2.45, 2.75) is 45.3 Å². The molecule has 0 spiro atoms. The van der Waals surface area contributed by atoms with Gasteiger partial charge in [-0.1, -0.05) is 0 Å². The van der Waals surface area contributed by atoms with Gasteiger partial charge in [0.1, 0.15) is 13.0 Å². The van der Waals surface area contributed by atoms with Gasteiger partial charge in [0.15, 0.2) is 0 Å². The number of carbonyl (C=O) groups is 2. The lowest BCUT2D eigenvalue weighted by molar-refractivity contribution is -0.152. The molecule has 96 valence electrons. The zero-order chi connectivity index (χ0) is 12.3. The van der Waals surface area contributed by atoms with Crippen molar-refractivity contribution in [1.29, 1.82) is 0 Å². The van der Waals surface area contributed by atoms with E-state index < -0.39 is 0 Å². The van der Waals surface area contributed by atoms with Gasteiger partial charge in [0.25, 0.3) is 0 Å². The van der Waals surface area contributed by atoms with Gasteiger partial charge in [-0.05, 0) is 26.2 Å². The van der Waals surface area contributed by atoms with Crippen LogP contribution < -0.4 is 0 Å². The first-order valence-electron chi connectivity index (χ1n) is 6.37. The first kappa shape index (κ1) is 12.4. The molecule has 2 aliphatic heterocycles. The largest absolute Gasteiger partial charge is 0.338 e. The average Bonchev–Trinajstić information content (AvgIpc) is 2.74. The topological polar surface area (TPSA) is 49.9 Å². The molecule has 5 heteroatoms. The molecule has 0 aromatic carbocycles. The van der Waals surface area contributed by atoms with Crippen molar-refractivity contribution in [3.63, 3.8) is 0 Å². The highest BCUT2D eigenvalue weighted by Gasteiger charge is 2.26. The molecule has 0 N–H and O–H groups in total. The maximum absolute atomic E-state index is 11.6. The Balaban J connectivity index is 1.77. The second-order valence-corrected chi connectivity index (χ2v) is 4.70. The molecule has 2 amide bonds. The third-order valence-corrected chi connectivity index (χ3v) is 3.44. The third-order valence-electron chi connectivity index (χ3n) is 3.44. The molecule has 0 saturated carbocycles. The van der Waals surface area contributed by atoms with Gasteiger partial charge < -0.3 is 14.5 Å². The van der Waals surface area contributed by atoms with Gasteiger partial charge >= 0.3 is 0 Å². The van der Waals surface area contributed by atoms with Crippen LogP contribution in [0.5, 0.6) is 0 Å². The summed E-state index contributed by atoms with van der Waals surface area (Å²) in [5.41, 5.74) is 0. The Kier molecular flexibility index (Phi) is 3.99. The van der Waals surface area contributed by atoms with E-state index in [2.05, 4.69) is 0 Å². The molecule has 2 heterocycles. The second kappa shape index (κ2) is 5.49. The summed E-state index contributed by atoms with van der Waals surface area (Å²) in [5.74, 6) is 0.318. The van der Waals surface area contributed by atoms with Gasteiger partial charge in [0.05, 0.1) is 0 Å². The molecular formula is C12H20N2O3. The number of likely N-dealkylation sites (tertiary alicyclic amines) is 2. The van der Waals surface area contributed by atoms with Crippen LogP contribution in [-0.2, 0) is 14.3 Å². The Labute approximate surface area is 102 Å². The SMILES string of the molecule is CC(OCN1CCCCC1=O)N1CCCC1=O. The monoisotopic (exact) mass is 240 g/mol. The van der Waals surface area contributed by atoms with E-state index in [1.165, 1.54) is 0 Å². The molecule has 0 aromatic rings. The van der Waals surface area contributed by atoms with Crippen LogP contribution in [0.15, 0.2) is 0 Å². The van der Waals surface area contributed by atoms with Crippen molar-refractivity contribution in [2.75, 3.05) is 19.8 Å². The van der Waals surface area contributed by atoms with Crippen molar-refractivity contribution in [1.82, 2.24) is 9.80 Å². The number of nitrogens with zero attached hydrogens (tertiary/aromatic N) is 2. The molecule has 2 fully saturated rings. The van der Waals surface area contributed by atoms with Gasteiger partial charge in [-0.25, -0.2) is 0 Å². The minimum Gasteiger partial charge on any atom is -0.338 e. The predicted octanol–water partition coefficient (Wildman–Crippen LogP) is 0.941. The molecule has 5 nitrogen and oxygen atoms in total. The number of piperidine rings is 1. The summed E-state index contributed by atoms with van der Waals surface area (Å²) in [5, 5.41) is 0. The minimum absolute atomic E-state index is 0.155. The number of ether oxygens (including phenoxy) is 1. The lowest BCUT2D eigenvalue weighted by Crippen LogP contribution is -2.42. The Bertz CT molecular complexity index is 306. The van der Waals surface area contributed by atoms with Crippen molar-refractivity contribution < 1.29 is 14.3 Å². The highest BCUT2D eigenvalue weighted by Crippen LogP contribution is 2.15. The number of rotatable bonds is 4. The van der Waals surface area contributed by atoms with Crippen molar-refractivity contribution in [2.24, 2.45) is 0 Å². The Morgan fingerprint density at radius 1 is 1.12 bits per heavy atom. The van der Waals surface area contributed by atoms with Gasteiger partial charge in [-0.15, -0.1) is 0 Å². The fourth-order valence-electron chi connectivity index (χ4n) is 2.34. The first-order valence-corrected chi connectivity index (χ1v) is 6.37. The molecule has 0 aliphatic carbocycles. The number of hydrogen-bond donors (Lipinski definition) is 0. The van der Waals surface area contributed by atoms with E-state index in [0.29, 0.717) is 19.6 Å². The molecule has 2 aliphatic rings. The van der Waals surface area contributed by atoms with E-state index in [9.17, 15) is 9.59 Å². The molecule has 0 bridgehead atoms. The standard InChI is InChI=1S/C12H20N2O3/c1-10(14-8-4-6-12(14)16)17-9-13-7-3-2-5-11(13)15/h10H,2-9H2,1H3. The quantitative estimate of drug-likeness (QED) is 0.735. The minimum atomic E-state index is -0.222. The summed E-state index contributed by atoms with van der Waals surface area (Å²) in [6, 6.07) is 0. The predicted molar refractivity (Wildman–Crippen MR) is 61.9 cm³/mol. The van der Waals surface area contributed by atoms with E-state index >= 15 is 0 Å². The maximum Gasteiger partial charge on any atom is 0.224 e. The zero-order valence-corrected chi connectivity index (χ0v) is 10.4. The third kappa shape index (κ3) is 2.97. The van der Waals surface area contributed by atoms with Crippen LogP contribution in [0.4, 0.5) is 0 Å². The highest BCUT2D eigenvalue weighted by atomic mass is 16.5. The summed E-state index contributed by atoms with van der Waals surface area (Å²) >= 11 is 0. The van der Waals surface area contributed by atoms with Crippen LogP contribution in [0.1, 0.15) is 39.0 Å². The Morgan fingerprint density at radius 2 is 1.88 bits per heavy atom. The van der Waals surface area contributed by atoms with Gasteiger partial charge in [-0.3, -0.25) is 9.59 Å². The van der Waals surface area contributed by atoms with Gasteiger partial charge in [0.2, 0.25) is 11.8 Å². The lowest BCUT2D eigenvalue weighted by Gasteiger charge is -2.30. The average molecular weight is 240 g/mol. The number of amides is 2. The summed E-state index contributed by atoms with van der Waals surface area (Å²) in [6.07, 6.45) is 3.97. The molecule has 0 aromatic heterocycles. The number of hydrogen-bond acceptors (Lipinski definition) is 3. The molecule has 1 unspecified atom stereocenters. The van der Waals surface area contributed by atoms with Crippen LogP contribution >= 0.6 is 0 Å². The Hall–Kier alpha value is -1.10. The van der Waals surface area contributed by atoms with Crippen LogP contribution in [-0.4, -0.2) is 47.7 Å². The van der Waals surface area contributed by atoms with E-state index in [-0.39, 0.29) is 18.0 Å². The van der Waals surface area contributed by atoms with Crippen LogP contribution in [0.25, 0.3) is 0 Å². The molecule has 0 radical (unpaired) electrons. The molecule has 1 atom stereocenters. The van der Waals surface area contributed by atoms with E-state index in [0.717, 1.165) is 32.4 Å². The van der Waals surface area contributed by atoms with Crippen LogP contribution in [0.3, 0.4) is 0 Å². The smallest absolute Gasteiger partial charge is 0.224 e. The van der Waals surface area contributed by atoms with Crippen molar-refractivity contribution in [3.8, 4) is 0 Å². The van der Waals surface area contributed by atoms with Crippen molar-refractivity contribution >= 4 is 11.8 Å². The zero-order valence-electron chi connectivity index (χ0n) is 10.4. The van der Waals surface area contributed by atoms with E-state index in [4.69, 9.17) is 4.74 Å². The van der Waals surface area contributed by atoms with E-state index in [1.807, 2.05) is 6.92 Å². The molecule has 2 rings (SSSR count). The van der Waals surface area contributed by atoms with Crippen LogP contribution in [0, 0.1) is 0 Å². The fraction of sp³-hybridized carbons (Fsp3) is 0.833. The summed E-state index contributed by atoms with van der Waals surface area (Å²) in [6.45, 7) is 3.73. The van der Waals surface area contributed by atoms with Crippen molar-refractivity contribution in [3.05, 3.63) is 0 Å². The van der Waals surface area contributed by atoms with Gasteiger partial charge in [-0.2, -0.15) is 0 Å². The lowest BCUT2D eigenvalue weighted by atomic mass is 10.1. The van der Waals surface area contributed by atoms with Crippen LogP contribution in [0.2, 0.25) is 0 Å². The maximum atomic E-state index is 11.6.